The predicted octanol–water partition coefficient (Wildman–Crippen LogP) is -0.00570. The summed E-state index contributed by atoms with van der Waals surface area (Å²) in [6.07, 6.45) is 7.25. The number of ether oxygens (including phenoxy) is 3. The number of terminal acetylenes is 1. The minimum absolute atomic E-state index is 0.374. The zero-order chi connectivity index (χ0) is 13.1. The van der Waals surface area contributed by atoms with Gasteiger partial charge in [-0.25, -0.2) is 14.4 Å². The number of hydrogen-bond donors (Lipinski definition) is 0. The minimum Gasteiger partial charge on any atom is -0.426 e. The molecule has 0 aliphatic carbocycles. The van der Waals surface area contributed by atoms with E-state index in [1.807, 2.05) is 0 Å². The van der Waals surface area contributed by atoms with Gasteiger partial charge in [-0.3, -0.25) is 4.90 Å². The number of carbonyl (C=O) groups excluding carboxylic acids is 3. The van der Waals surface area contributed by atoms with Gasteiger partial charge in [-0.2, -0.15) is 0 Å². The Labute approximate surface area is 103 Å². The van der Waals surface area contributed by atoms with Gasteiger partial charge in [0.25, 0.3) is 0 Å². The van der Waals surface area contributed by atoms with Gasteiger partial charge in [-0.1, -0.05) is 6.42 Å². The molecule has 2 saturated heterocycles. The van der Waals surface area contributed by atoms with Crippen molar-refractivity contribution in [3.8, 4) is 12.5 Å². The predicted molar refractivity (Wildman–Crippen MR) is 55.6 cm³/mol. The van der Waals surface area contributed by atoms with Crippen LogP contribution in [-0.2, 0) is 23.8 Å². The third-order valence-corrected chi connectivity index (χ3v) is 2.92. The van der Waals surface area contributed by atoms with Crippen LogP contribution in [-0.4, -0.2) is 41.8 Å². The van der Waals surface area contributed by atoms with Crippen LogP contribution in [0, 0.1) is 12.5 Å². The summed E-state index contributed by atoms with van der Waals surface area (Å²) in [5, 5.41) is 0. The molecule has 0 aromatic heterocycles. The molecule has 18 heavy (non-hydrogen) atoms. The summed E-state index contributed by atoms with van der Waals surface area (Å²) < 4.78 is 13.8. The van der Waals surface area contributed by atoms with E-state index in [1.165, 1.54) is 0 Å². The van der Waals surface area contributed by atoms with Gasteiger partial charge >= 0.3 is 18.0 Å². The Bertz CT molecular complexity index is 426. The van der Waals surface area contributed by atoms with E-state index < -0.39 is 36.9 Å². The standard InChI is InChI=1S/C11H11NO6/c1-2-16-9(13)7-4-3-5-8-10(14)17-6-18-11(15)12(7)8/h1,7-8H,3-6H2. The second kappa shape index (κ2) is 4.96. The SMILES string of the molecule is C#COC(=O)C1CCCC2C(=O)OCOC(=O)N12. The Morgan fingerprint density at radius 3 is 2.89 bits per heavy atom. The summed E-state index contributed by atoms with van der Waals surface area (Å²) in [5.41, 5.74) is 0. The molecule has 2 unspecified atom stereocenters. The highest BCUT2D eigenvalue weighted by Crippen LogP contribution is 2.27. The third-order valence-electron chi connectivity index (χ3n) is 2.92. The van der Waals surface area contributed by atoms with Crippen molar-refractivity contribution in [2.75, 3.05) is 6.79 Å². The Kier molecular flexibility index (Phi) is 3.37. The molecule has 2 aliphatic heterocycles. The Balaban J connectivity index is 2.26. The number of esters is 2. The Morgan fingerprint density at radius 1 is 1.39 bits per heavy atom. The summed E-state index contributed by atoms with van der Waals surface area (Å²) in [6, 6.07) is -1.72. The maximum Gasteiger partial charge on any atom is 0.414 e. The Hall–Kier alpha value is -2.23. The molecule has 0 N–H and O–H groups in total. The van der Waals surface area contributed by atoms with Gasteiger partial charge in [0.2, 0.25) is 6.79 Å². The molecule has 7 heteroatoms. The highest BCUT2D eigenvalue weighted by atomic mass is 16.7. The van der Waals surface area contributed by atoms with Gasteiger partial charge in [-0.15, -0.1) is 0 Å². The molecule has 0 radical (unpaired) electrons. The summed E-state index contributed by atoms with van der Waals surface area (Å²) in [7, 11) is 0. The minimum atomic E-state index is -0.905. The number of amides is 1. The summed E-state index contributed by atoms with van der Waals surface area (Å²) in [6.45, 7) is -0.443. The van der Waals surface area contributed by atoms with Crippen molar-refractivity contribution in [1.82, 2.24) is 4.90 Å². The molecule has 2 rings (SSSR count). The van der Waals surface area contributed by atoms with Crippen molar-refractivity contribution in [1.29, 1.82) is 0 Å². The average molecular weight is 253 g/mol. The first kappa shape index (κ1) is 12.2. The molecule has 0 saturated carbocycles. The Morgan fingerprint density at radius 2 is 2.17 bits per heavy atom. The molecule has 1 amide bonds. The number of nitrogens with zero attached hydrogens (tertiary/aromatic N) is 1. The van der Waals surface area contributed by atoms with Crippen LogP contribution < -0.4 is 0 Å². The monoisotopic (exact) mass is 253 g/mol. The lowest BCUT2D eigenvalue weighted by molar-refractivity contribution is -0.154. The molecular formula is C11H11NO6. The van der Waals surface area contributed by atoms with E-state index in [0.29, 0.717) is 19.3 Å². The first-order valence-corrected chi connectivity index (χ1v) is 5.43. The second-order valence-corrected chi connectivity index (χ2v) is 3.90. The average Bonchev–Trinajstić information content (AvgIpc) is 2.50. The van der Waals surface area contributed by atoms with Gasteiger partial charge < -0.3 is 14.2 Å². The molecule has 0 aromatic rings. The van der Waals surface area contributed by atoms with Crippen LogP contribution in [0.4, 0.5) is 4.79 Å². The third kappa shape index (κ3) is 2.09. The molecule has 7 nitrogen and oxygen atoms in total. The van der Waals surface area contributed by atoms with Crippen LogP contribution in [0.25, 0.3) is 0 Å². The molecule has 2 atom stereocenters. The normalized spacial score (nSPS) is 27.2. The van der Waals surface area contributed by atoms with Gasteiger partial charge in [0, 0.05) is 0 Å². The molecule has 96 valence electrons. The summed E-state index contributed by atoms with van der Waals surface area (Å²) in [5.74, 6) is -1.33. The van der Waals surface area contributed by atoms with Crippen molar-refractivity contribution in [2.24, 2.45) is 0 Å². The number of carbonyl (C=O) groups is 3. The van der Waals surface area contributed by atoms with E-state index in [1.54, 1.807) is 6.11 Å². The molecule has 0 bridgehead atoms. The maximum atomic E-state index is 11.7. The van der Waals surface area contributed by atoms with Crippen LogP contribution in [0.1, 0.15) is 19.3 Å². The van der Waals surface area contributed by atoms with Crippen LogP contribution in [0.15, 0.2) is 0 Å². The van der Waals surface area contributed by atoms with E-state index in [0.717, 1.165) is 4.90 Å². The number of rotatable bonds is 1. The van der Waals surface area contributed by atoms with Gasteiger partial charge in [-0.05, 0) is 19.3 Å². The van der Waals surface area contributed by atoms with Crippen LogP contribution in [0.2, 0.25) is 0 Å². The number of cyclic esters (lactones) is 2. The van der Waals surface area contributed by atoms with E-state index >= 15 is 0 Å². The molecule has 0 aromatic carbocycles. The topological polar surface area (TPSA) is 82.1 Å². The van der Waals surface area contributed by atoms with E-state index in [2.05, 4.69) is 9.47 Å². The largest absolute Gasteiger partial charge is 0.426 e. The van der Waals surface area contributed by atoms with Gasteiger partial charge in [0.15, 0.2) is 0 Å². The highest BCUT2D eigenvalue weighted by Gasteiger charge is 2.45. The lowest BCUT2D eigenvalue weighted by atomic mass is 9.96. The van der Waals surface area contributed by atoms with Crippen molar-refractivity contribution >= 4 is 18.0 Å². The first-order chi connectivity index (χ1) is 8.65. The number of piperidine rings is 1. The molecule has 0 spiro atoms. The quantitative estimate of drug-likeness (QED) is 0.483. The first-order valence-electron chi connectivity index (χ1n) is 5.43. The maximum absolute atomic E-state index is 11.7. The van der Waals surface area contributed by atoms with E-state index in [9.17, 15) is 14.4 Å². The van der Waals surface area contributed by atoms with Crippen molar-refractivity contribution in [2.45, 2.75) is 31.3 Å². The van der Waals surface area contributed by atoms with Gasteiger partial charge in [0.05, 0.1) is 0 Å². The smallest absolute Gasteiger partial charge is 0.414 e. The second-order valence-electron chi connectivity index (χ2n) is 3.90. The van der Waals surface area contributed by atoms with Gasteiger partial charge in [0.1, 0.15) is 18.2 Å². The lowest BCUT2D eigenvalue weighted by Gasteiger charge is -2.35. The fraction of sp³-hybridized carbons (Fsp3) is 0.545. The number of fused-ring (bicyclic) bond motifs is 1. The molecule has 2 fully saturated rings. The molecule has 2 aliphatic rings. The molecule has 2 heterocycles. The molecular weight excluding hydrogens is 242 g/mol. The van der Waals surface area contributed by atoms with E-state index in [-0.39, 0.29) is 0 Å². The summed E-state index contributed by atoms with van der Waals surface area (Å²) in [4.78, 5) is 36.1. The highest BCUT2D eigenvalue weighted by molar-refractivity contribution is 5.88. The fourth-order valence-corrected chi connectivity index (χ4v) is 2.15. The zero-order valence-corrected chi connectivity index (χ0v) is 9.46. The van der Waals surface area contributed by atoms with Crippen LogP contribution in [0.5, 0.6) is 0 Å². The van der Waals surface area contributed by atoms with Crippen LogP contribution in [0.3, 0.4) is 0 Å². The zero-order valence-electron chi connectivity index (χ0n) is 9.46. The number of hydrogen-bond acceptors (Lipinski definition) is 6. The lowest BCUT2D eigenvalue weighted by Crippen LogP contribution is -2.55. The fourth-order valence-electron chi connectivity index (χ4n) is 2.15. The van der Waals surface area contributed by atoms with E-state index in [4.69, 9.17) is 11.2 Å². The van der Waals surface area contributed by atoms with Crippen LogP contribution >= 0.6 is 0 Å². The van der Waals surface area contributed by atoms with Crippen molar-refractivity contribution in [3.63, 3.8) is 0 Å². The van der Waals surface area contributed by atoms with Crippen molar-refractivity contribution < 1.29 is 28.6 Å². The summed E-state index contributed by atoms with van der Waals surface area (Å²) >= 11 is 0. The van der Waals surface area contributed by atoms with Crippen molar-refractivity contribution in [3.05, 3.63) is 0 Å².